The maximum atomic E-state index is 12.5. The number of anilines is 1. The van der Waals surface area contributed by atoms with Crippen LogP contribution in [0.5, 0.6) is 0 Å². The lowest BCUT2D eigenvalue weighted by Crippen LogP contribution is -3.11. The second kappa shape index (κ2) is 9.90. The summed E-state index contributed by atoms with van der Waals surface area (Å²) in [5.41, 5.74) is 6.96. The molecule has 160 valence electrons. The Morgan fingerprint density at radius 2 is 1.60 bits per heavy atom. The van der Waals surface area contributed by atoms with E-state index in [0.717, 1.165) is 40.1 Å². The maximum absolute atomic E-state index is 12.5. The third kappa shape index (κ3) is 5.70. The van der Waals surface area contributed by atoms with Crippen LogP contribution in [0, 0.1) is 13.8 Å². The van der Waals surface area contributed by atoms with Crippen LogP contribution in [0.4, 0.5) is 5.69 Å². The molecular weight excluding hydrogens is 374 g/mol. The van der Waals surface area contributed by atoms with Crippen LogP contribution in [0.15, 0.2) is 36.4 Å². The molecule has 0 fully saturated rings. The minimum Gasteiger partial charge on any atom is -0.345 e. The minimum absolute atomic E-state index is 0.0408. The van der Waals surface area contributed by atoms with Crippen molar-refractivity contribution in [3.63, 3.8) is 0 Å². The van der Waals surface area contributed by atoms with Gasteiger partial charge in [0, 0.05) is 5.69 Å². The van der Waals surface area contributed by atoms with Gasteiger partial charge in [-0.2, -0.15) is 0 Å². The van der Waals surface area contributed by atoms with Crippen LogP contribution >= 0.6 is 0 Å². The van der Waals surface area contributed by atoms with Gasteiger partial charge in [-0.3, -0.25) is 9.59 Å². The van der Waals surface area contributed by atoms with Crippen molar-refractivity contribution < 1.29 is 14.5 Å². The van der Waals surface area contributed by atoms with Gasteiger partial charge < -0.3 is 15.5 Å². The van der Waals surface area contributed by atoms with Crippen molar-refractivity contribution in [3.8, 4) is 0 Å². The summed E-state index contributed by atoms with van der Waals surface area (Å²) >= 11 is 0. The number of carbonyl (C=O) groups excluding carboxylic acids is 2. The Balaban J connectivity index is 1.50. The van der Waals surface area contributed by atoms with Crippen LogP contribution in [-0.4, -0.2) is 32.0 Å². The Hall–Kier alpha value is -2.66. The van der Waals surface area contributed by atoms with E-state index in [0.29, 0.717) is 0 Å². The molecule has 0 aromatic heterocycles. The molecule has 1 aliphatic rings. The molecule has 0 bridgehead atoms. The monoisotopic (exact) mass is 408 g/mol. The number of nitrogens with one attached hydrogen (secondary N) is 3. The zero-order chi connectivity index (χ0) is 21.7. The molecule has 0 saturated carbocycles. The number of aryl methyl sites for hydroxylation is 4. The van der Waals surface area contributed by atoms with Crippen molar-refractivity contribution in [2.24, 2.45) is 0 Å². The first-order valence-electron chi connectivity index (χ1n) is 10.9. The third-order valence-corrected chi connectivity index (χ3v) is 5.92. The molecule has 2 atom stereocenters. The summed E-state index contributed by atoms with van der Waals surface area (Å²) in [7, 11) is 1.87. The summed E-state index contributed by atoms with van der Waals surface area (Å²) in [5.74, 6) is -0.127. The van der Waals surface area contributed by atoms with E-state index in [2.05, 4.69) is 28.8 Å². The largest absolute Gasteiger partial charge is 0.345 e. The number of fused-ring (bicyclic) bond motifs is 1. The second-order valence-electron chi connectivity index (χ2n) is 8.65. The molecule has 0 radical (unpaired) electrons. The summed E-state index contributed by atoms with van der Waals surface area (Å²) in [6.07, 6.45) is 4.81. The predicted molar refractivity (Wildman–Crippen MR) is 121 cm³/mol. The Morgan fingerprint density at radius 3 is 2.30 bits per heavy atom. The van der Waals surface area contributed by atoms with E-state index in [1.165, 1.54) is 24.0 Å². The van der Waals surface area contributed by atoms with Crippen LogP contribution in [0.1, 0.15) is 53.6 Å². The minimum atomic E-state index is -0.0829. The van der Waals surface area contributed by atoms with E-state index >= 15 is 0 Å². The number of hydrogen-bond acceptors (Lipinski definition) is 2. The average Bonchev–Trinajstić information content (AvgIpc) is 2.70. The molecule has 0 aliphatic heterocycles. The second-order valence-corrected chi connectivity index (χ2v) is 8.65. The van der Waals surface area contributed by atoms with Gasteiger partial charge in [-0.05, 0) is 74.3 Å². The van der Waals surface area contributed by atoms with E-state index in [-0.39, 0.29) is 30.9 Å². The van der Waals surface area contributed by atoms with E-state index in [4.69, 9.17) is 0 Å². The Bertz CT molecular complexity index is 902. The van der Waals surface area contributed by atoms with E-state index in [9.17, 15) is 9.59 Å². The molecule has 0 heterocycles. The van der Waals surface area contributed by atoms with Crippen LogP contribution in [-0.2, 0) is 22.4 Å². The Kier molecular flexibility index (Phi) is 7.27. The lowest BCUT2D eigenvalue weighted by atomic mass is 9.89. The molecule has 1 unspecified atom stereocenters. The standard InChI is InChI=1S/C25H33N3O2/c1-17-8-7-9-18(2)25(17)27-24(30)16-28(4)15-23(29)26-19(3)21-13-12-20-10-5-6-11-22(20)14-21/h7-9,12-14,19H,5-6,10-11,15-16H2,1-4H3,(H,26,29)(H,27,30)/p+1/t19-/m1/s1. The first-order chi connectivity index (χ1) is 14.3. The lowest BCUT2D eigenvalue weighted by Gasteiger charge is -2.21. The van der Waals surface area contributed by atoms with Gasteiger partial charge in [-0.15, -0.1) is 0 Å². The number of para-hydroxylation sites is 1. The molecule has 5 nitrogen and oxygen atoms in total. The zero-order valence-corrected chi connectivity index (χ0v) is 18.6. The quantitative estimate of drug-likeness (QED) is 0.659. The molecule has 1 aliphatic carbocycles. The normalized spacial score (nSPS) is 15.1. The zero-order valence-electron chi connectivity index (χ0n) is 18.6. The van der Waals surface area contributed by atoms with Gasteiger partial charge in [-0.25, -0.2) is 0 Å². The van der Waals surface area contributed by atoms with Gasteiger partial charge in [0.15, 0.2) is 13.1 Å². The molecule has 30 heavy (non-hydrogen) atoms. The van der Waals surface area contributed by atoms with Crippen molar-refractivity contribution in [2.45, 2.75) is 52.5 Å². The van der Waals surface area contributed by atoms with Crippen LogP contribution in [0.25, 0.3) is 0 Å². The highest BCUT2D eigenvalue weighted by atomic mass is 16.2. The van der Waals surface area contributed by atoms with Gasteiger partial charge in [0.2, 0.25) is 0 Å². The van der Waals surface area contributed by atoms with Crippen molar-refractivity contribution in [1.29, 1.82) is 0 Å². The molecular formula is C25H34N3O2+. The van der Waals surface area contributed by atoms with Crippen LogP contribution in [0.3, 0.4) is 0 Å². The van der Waals surface area contributed by atoms with E-state index in [1.807, 2.05) is 46.0 Å². The van der Waals surface area contributed by atoms with Gasteiger partial charge in [0.1, 0.15) is 0 Å². The van der Waals surface area contributed by atoms with E-state index in [1.54, 1.807) is 0 Å². The summed E-state index contributed by atoms with van der Waals surface area (Å²) in [4.78, 5) is 25.8. The fourth-order valence-corrected chi connectivity index (χ4v) is 4.20. The summed E-state index contributed by atoms with van der Waals surface area (Å²) in [6, 6.07) is 12.5. The molecule has 3 N–H and O–H groups in total. The highest BCUT2D eigenvalue weighted by Gasteiger charge is 2.18. The summed E-state index contributed by atoms with van der Waals surface area (Å²) < 4.78 is 0. The fourth-order valence-electron chi connectivity index (χ4n) is 4.20. The first kappa shape index (κ1) is 22.0. The molecule has 2 aromatic carbocycles. The molecule has 5 heteroatoms. The Morgan fingerprint density at radius 1 is 0.967 bits per heavy atom. The number of hydrogen-bond donors (Lipinski definition) is 3. The average molecular weight is 409 g/mol. The smallest absolute Gasteiger partial charge is 0.279 e. The molecule has 2 amide bonds. The number of benzene rings is 2. The third-order valence-electron chi connectivity index (χ3n) is 5.92. The first-order valence-corrected chi connectivity index (χ1v) is 10.9. The number of quaternary nitrogens is 1. The van der Waals surface area contributed by atoms with Crippen LogP contribution in [0.2, 0.25) is 0 Å². The summed E-state index contributed by atoms with van der Waals surface area (Å²) in [6.45, 7) is 6.48. The molecule has 0 spiro atoms. The predicted octanol–water partition coefficient (Wildman–Crippen LogP) is 2.51. The number of likely N-dealkylation sites (N-methyl/N-ethyl adjacent to an activating group) is 1. The lowest BCUT2D eigenvalue weighted by molar-refractivity contribution is -0.862. The molecule has 2 aromatic rings. The number of amides is 2. The number of rotatable bonds is 7. The van der Waals surface area contributed by atoms with Gasteiger partial charge >= 0.3 is 0 Å². The van der Waals surface area contributed by atoms with Gasteiger partial charge in [0.05, 0.1) is 13.1 Å². The van der Waals surface area contributed by atoms with Crippen molar-refractivity contribution in [2.75, 3.05) is 25.5 Å². The topological polar surface area (TPSA) is 62.6 Å². The molecule has 3 rings (SSSR count). The van der Waals surface area contributed by atoms with Crippen molar-refractivity contribution in [1.82, 2.24) is 5.32 Å². The van der Waals surface area contributed by atoms with Crippen LogP contribution < -0.4 is 15.5 Å². The summed E-state index contributed by atoms with van der Waals surface area (Å²) in [5, 5.41) is 6.07. The maximum Gasteiger partial charge on any atom is 0.279 e. The molecule has 0 saturated heterocycles. The van der Waals surface area contributed by atoms with Crippen molar-refractivity contribution >= 4 is 17.5 Å². The number of carbonyl (C=O) groups is 2. The highest BCUT2D eigenvalue weighted by Crippen LogP contribution is 2.24. The van der Waals surface area contributed by atoms with E-state index < -0.39 is 0 Å². The van der Waals surface area contributed by atoms with Crippen molar-refractivity contribution in [3.05, 3.63) is 64.2 Å². The highest BCUT2D eigenvalue weighted by molar-refractivity contribution is 5.93. The SMILES string of the molecule is Cc1cccc(C)c1NC(=O)C[NH+](C)CC(=O)N[C@H](C)c1ccc2c(c1)CCCC2. The van der Waals surface area contributed by atoms with Gasteiger partial charge in [0.25, 0.3) is 11.8 Å². The Labute approximate surface area is 179 Å². The van der Waals surface area contributed by atoms with Gasteiger partial charge in [-0.1, -0.05) is 36.4 Å². The fraction of sp³-hybridized carbons (Fsp3) is 0.440.